The number of rotatable bonds is 7. The summed E-state index contributed by atoms with van der Waals surface area (Å²) in [5, 5.41) is 3.26. The minimum atomic E-state index is -3.97. The van der Waals surface area contributed by atoms with E-state index in [1.165, 1.54) is 12.1 Å². The highest BCUT2D eigenvalue weighted by Crippen LogP contribution is 2.28. The summed E-state index contributed by atoms with van der Waals surface area (Å²) in [7, 11) is -3.97. The van der Waals surface area contributed by atoms with Crippen molar-refractivity contribution in [3.8, 4) is 0 Å². The van der Waals surface area contributed by atoms with Gasteiger partial charge in [0.05, 0.1) is 10.6 Å². The predicted octanol–water partition coefficient (Wildman–Crippen LogP) is 5.04. The van der Waals surface area contributed by atoms with Crippen LogP contribution in [0.1, 0.15) is 18.1 Å². The Hall–Kier alpha value is -2.83. The molecular weight excluding hydrogens is 420 g/mol. The van der Waals surface area contributed by atoms with Gasteiger partial charge < -0.3 is 5.32 Å². The molecule has 0 aliphatic heterocycles. The Balaban J connectivity index is 1.97. The Morgan fingerprint density at radius 3 is 2.33 bits per heavy atom. The maximum absolute atomic E-state index is 13.3. The maximum atomic E-state index is 13.3. The number of carbonyl (C=O) groups excluding carboxylic acids is 1. The van der Waals surface area contributed by atoms with Gasteiger partial charge in [0.1, 0.15) is 6.54 Å². The number of carbonyl (C=O) groups is 1. The molecule has 3 aromatic carbocycles. The predicted molar refractivity (Wildman–Crippen MR) is 122 cm³/mol. The van der Waals surface area contributed by atoms with E-state index >= 15 is 0 Å². The topological polar surface area (TPSA) is 66.5 Å². The molecule has 0 aliphatic carbocycles. The first-order valence-corrected chi connectivity index (χ1v) is 11.4. The highest BCUT2D eigenvalue weighted by Gasteiger charge is 2.27. The van der Waals surface area contributed by atoms with E-state index in [9.17, 15) is 13.2 Å². The SMILES string of the molecule is CCc1ccccc1NC(=O)CN(c1ccc(C)c(Cl)c1)S(=O)(=O)c1ccccc1. The second-order valence-electron chi connectivity index (χ2n) is 6.82. The number of hydrogen-bond donors (Lipinski definition) is 1. The minimum Gasteiger partial charge on any atom is -0.324 e. The molecular formula is C23H23ClN2O3S. The molecule has 5 nitrogen and oxygen atoms in total. The van der Waals surface area contributed by atoms with Crippen LogP contribution in [0.15, 0.2) is 77.7 Å². The number of aryl methyl sites for hydroxylation is 2. The molecule has 0 unspecified atom stereocenters. The van der Waals surface area contributed by atoms with Crippen molar-refractivity contribution in [2.24, 2.45) is 0 Å². The number of halogens is 1. The molecule has 3 aromatic rings. The Kier molecular flexibility index (Phi) is 6.80. The summed E-state index contributed by atoms with van der Waals surface area (Å²) in [5.41, 5.74) is 2.79. The zero-order valence-corrected chi connectivity index (χ0v) is 18.4. The average molecular weight is 443 g/mol. The zero-order chi connectivity index (χ0) is 21.7. The van der Waals surface area contributed by atoms with Gasteiger partial charge in [0.15, 0.2) is 0 Å². The molecule has 0 aromatic heterocycles. The van der Waals surface area contributed by atoms with Crippen LogP contribution in [-0.4, -0.2) is 20.9 Å². The number of sulfonamides is 1. The lowest BCUT2D eigenvalue weighted by atomic mass is 10.1. The summed E-state index contributed by atoms with van der Waals surface area (Å²) >= 11 is 6.24. The fourth-order valence-corrected chi connectivity index (χ4v) is 4.65. The van der Waals surface area contributed by atoms with Crippen LogP contribution in [0.5, 0.6) is 0 Å². The van der Waals surface area contributed by atoms with Gasteiger partial charge in [-0.1, -0.05) is 61.0 Å². The van der Waals surface area contributed by atoms with Crippen LogP contribution in [0.3, 0.4) is 0 Å². The molecule has 3 rings (SSSR count). The van der Waals surface area contributed by atoms with E-state index < -0.39 is 15.9 Å². The Bertz CT molecular complexity index is 1150. The van der Waals surface area contributed by atoms with Crippen LogP contribution in [-0.2, 0) is 21.2 Å². The van der Waals surface area contributed by atoms with Gasteiger partial charge in [-0.25, -0.2) is 8.42 Å². The van der Waals surface area contributed by atoms with Crippen molar-refractivity contribution < 1.29 is 13.2 Å². The molecule has 7 heteroatoms. The number of para-hydroxylation sites is 1. The van der Waals surface area contributed by atoms with E-state index in [1.807, 2.05) is 32.0 Å². The summed E-state index contributed by atoms with van der Waals surface area (Å²) in [6.45, 7) is 3.44. The first-order chi connectivity index (χ1) is 14.3. The summed E-state index contributed by atoms with van der Waals surface area (Å²) in [4.78, 5) is 12.9. The molecule has 1 amide bonds. The van der Waals surface area contributed by atoms with Gasteiger partial charge in [0.25, 0.3) is 10.0 Å². The second-order valence-corrected chi connectivity index (χ2v) is 9.09. The lowest BCUT2D eigenvalue weighted by Gasteiger charge is -2.25. The fourth-order valence-electron chi connectivity index (χ4n) is 3.04. The van der Waals surface area contributed by atoms with E-state index in [0.29, 0.717) is 16.4 Å². The summed E-state index contributed by atoms with van der Waals surface area (Å²) in [6.07, 6.45) is 0.746. The Morgan fingerprint density at radius 1 is 1.00 bits per heavy atom. The van der Waals surface area contributed by atoms with Crippen molar-refractivity contribution in [1.82, 2.24) is 0 Å². The highest BCUT2D eigenvalue weighted by atomic mass is 35.5. The third-order valence-electron chi connectivity index (χ3n) is 4.73. The van der Waals surface area contributed by atoms with E-state index in [1.54, 1.807) is 42.5 Å². The van der Waals surface area contributed by atoms with Crippen LogP contribution in [0.25, 0.3) is 0 Å². The van der Waals surface area contributed by atoms with Gasteiger partial charge >= 0.3 is 0 Å². The fraction of sp³-hybridized carbons (Fsp3) is 0.174. The summed E-state index contributed by atoms with van der Waals surface area (Å²) in [5.74, 6) is -0.438. The minimum absolute atomic E-state index is 0.100. The maximum Gasteiger partial charge on any atom is 0.264 e. The zero-order valence-electron chi connectivity index (χ0n) is 16.8. The molecule has 30 heavy (non-hydrogen) atoms. The van der Waals surface area contributed by atoms with Crippen LogP contribution < -0.4 is 9.62 Å². The quantitative estimate of drug-likeness (QED) is 0.557. The van der Waals surface area contributed by atoms with E-state index in [4.69, 9.17) is 11.6 Å². The summed E-state index contributed by atoms with van der Waals surface area (Å²) < 4.78 is 27.8. The second kappa shape index (κ2) is 9.32. The van der Waals surface area contributed by atoms with Gasteiger partial charge in [-0.05, 0) is 54.8 Å². The smallest absolute Gasteiger partial charge is 0.264 e. The van der Waals surface area contributed by atoms with Gasteiger partial charge in [-0.3, -0.25) is 9.10 Å². The number of nitrogens with one attached hydrogen (secondary N) is 1. The molecule has 0 radical (unpaired) electrons. The molecule has 0 fully saturated rings. The van der Waals surface area contributed by atoms with Gasteiger partial charge in [0, 0.05) is 10.7 Å². The molecule has 156 valence electrons. The van der Waals surface area contributed by atoms with Gasteiger partial charge in [-0.15, -0.1) is 0 Å². The molecule has 0 spiro atoms. The number of hydrogen-bond acceptors (Lipinski definition) is 3. The average Bonchev–Trinajstić information content (AvgIpc) is 2.75. The van der Waals surface area contributed by atoms with Crippen LogP contribution >= 0.6 is 11.6 Å². The Morgan fingerprint density at radius 2 is 1.67 bits per heavy atom. The molecule has 0 saturated heterocycles. The molecule has 1 N–H and O–H groups in total. The van der Waals surface area contributed by atoms with Crippen molar-refractivity contribution in [3.05, 3.63) is 88.9 Å². The largest absolute Gasteiger partial charge is 0.324 e. The molecule has 0 heterocycles. The van der Waals surface area contributed by atoms with Crippen LogP contribution in [0.2, 0.25) is 5.02 Å². The van der Waals surface area contributed by atoms with Crippen molar-refractivity contribution in [2.75, 3.05) is 16.2 Å². The lowest BCUT2D eigenvalue weighted by molar-refractivity contribution is -0.114. The van der Waals surface area contributed by atoms with E-state index in [2.05, 4.69) is 5.32 Å². The molecule has 0 saturated carbocycles. The van der Waals surface area contributed by atoms with E-state index in [0.717, 1.165) is 21.9 Å². The summed E-state index contributed by atoms with van der Waals surface area (Å²) in [6, 6.07) is 20.4. The molecule has 0 bridgehead atoms. The van der Waals surface area contributed by atoms with Gasteiger partial charge in [-0.2, -0.15) is 0 Å². The van der Waals surface area contributed by atoms with Crippen LogP contribution in [0.4, 0.5) is 11.4 Å². The van der Waals surface area contributed by atoms with Crippen molar-refractivity contribution in [3.63, 3.8) is 0 Å². The standard InChI is InChI=1S/C23H23ClN2O3S/c1-3-18-9-7-8-12-22(18)25-23(27)16-26(19-14-13-17(2)21(24)15-19)30(28,29)20-10-5-4-6-11-20/h4-15H,3,16H2,1-2H3,(H,25,27). The van der Waals surface area contributed by atoms with Crippen molar-refractivity contribution >= 4 is 38.9 Å². The highest BCUT2D eigenvalue weighted by molar-refractivity contribution is 7.92. The monoisotopic (exact) mass is 442 g/mol. The molecule has 0 aliphatic rings. The first-order valence-electron chi connectivity index (χ1n) is 9.54. The van der Waals surface area contributed by atoms with E-state index in [-0.39, 0.29) is 11.4 Å². The lowest BCUT2D eigenvalue weighted by Crippen LogP contribution is -2.38. The van der Waals surface area contributed by atoms with Crippen LogP contribution in [0, 0.1) is 6.92 Å². The normalized spacial score (nSPS) is 11.2. The third-order valence-corrected chi connectivity index (χ3v) is 6.93. The number of amides is 1. The number of nitrogens with zero attached hydrogens (tertiary/aromatic N) is 1. The van der Waals surface area contributed by atoms with Crippen molar-refractivity contribution in [1.29, 1.82) is 0 Å². The van der Waals surface area contributed by atoms with Gasteiger partial charge in [0.2, 0.25) is 5.91 Å². The van der Waals surface area contributed by atoms with Crippen molar-refractivity contribution in [2.45, 2.75) is 25.2 Å². The first kappa shape index (κ1) is 21.9. The Labute approximate surface area is 182 Å². The number of benzene rings is 3. The molecule has 0 atom stereocenters. The third kappa shape index (κ3) is 4.83. The number of anilines is 2.